The van der Waals surface area contributed by atoms with E-state index in [0.717, 1.165) is 24.0 Å². The van der Waals surface area contributed by atoms with Crippen LogP contribution in [0, 0.1) is 5.82 Å². The first-order chi connectivity index (χ1) is 12.2. The molecule has 0 saturated carbocycles. The van der Waals surface area contributed by atoms with Crippen LogP contribution in [0.5, 0.6) is 0 Å². The van der Waals surface area contributed by atoms with E-state index >= 15 is 0 Å². The first kappa shape index (κ1) is 15.8. The number of nitrogens with one attached hydrogen (secondary N) is 1. The molecule has 0 atom stereocenters. The van der Waals surface area contributed by atoms with E-state index in [1.165, 1.54) is 6.07 Å². The number of aromatic nitrogens is 2. The van der Waals surface area contributed by atoms with Crippen molar-refractivity contribution in [3.8, 4) is 0 Å². The van der Waals surface area contributed by atoms with E-state index in [0.29, 0.717) is 30.9 Å². The zero-order valence-corrected chi connectivity index (χ0v) is 13.8. The van der Waals surface area contributed by atoms with Gasteiger partial charge in [-0.3, -0.25) is 14.8 Å². The highest BCUT2D eigenvalue weighted by Gasteiger charge is 2.25. The molecule has 0 spiro atoms. The number of halogens is 1. The van der Waals surface area contributed by atoms with Gasteiger partial charge in [-0.25, -0.2) is 4.39 Å². The highest BCUT2D eigenvalue weighted by Crippen LogP contribution is 2.18. The van der Waals surface area contributed by atoms with E-state index in [9.17, 15) is 9.18 Å². The zero-order valence-electron chi connectivity index (χ0n) is 13.8. The number of rotatable bonds is 3. The van der Waals surface area contributed by atoms with E-state index < -0.39 is 0 Å². The summed E-state index contributed by atoms with van der Waals surface area (Å²) < 4.78 is 13.8. The monoisotopic (exact) mass is 338 g/mol. The van der Waals surface area contributed by atoms with Gasteiger partial charge in [-0.1, -0.05) is 36.4 Å². The van der Waals surface area contributed by atoms with Gasteiger partial charge in [-0.15, -0.1) is 0 Å². The largest absolute Gasteiger partial charge is 0.335 e. The Morgan fingerprint density at radius 3 is 2.56 bits per heavy atom. The van der Waals surface area contributed by atoms with Crippen molar-refractivity contribution < 1.29 is 9.18 Å². The third-order valence-electron chi connectivity index (χ3n) is 4.68. The number of hydrogen-bond donors (Lipinski definition) is 1. The molecule has 0 bridgehead atoms. The van der Waals surface area contributed by atoms with Crippen LogP contribution < -0.4 is 0 Å². The van der Waals surface area contributed by atoms with Gasteiger partial charge in [0.2, 0.25) is 0 Å². The lowest BCUT2D eigenvalue weighted by atomic mass is 10.1. The Labute approximate surface area is 145 Å². The molecule has 4 rings (SSSR count). The van der Waals surface area contributed by atoms with Crippen molar-refractivity contribution >= 4 is 16.8 Å². The minimum Gasteiger partial charge on any atom is -0.335 e. The fraction of sp³-hybridized carbons (Fsp3) is 0.263. The normalized spacial score (nSPS) is 15.6. The SMILES string of the molecule is O=C(c1n[nH]c2ccccc12)N1CCN(Cc2ccccc2F)CC1. The van der Waals surface area contributed by atoms with Crippen LogP contribution in [-0.2, 0) is 6.54 Å². The molecule has 1 N–H and O–H groups in total. The number of amides is 1. The van der Waals surface area contributed by atoms with Crippen molar-refractivity contribution in [2.75, 3.05) is 26.2 Å². The molecule has 5 nitrogen and oxygen atoms in total. The van der Waals surface area contributed by atoms with Crippen LogP contribution in [0.15, 0.2) is 48.5 Å². The molecule has 1 fully saturated rings. The molecule has 0 radical (unpaired) electrons. The second-order valence-electron chi connectivity index (χ2n) is 6.28. The van der Waals surface area contributed by atoms with E-state index in [1.54, 1.807) is 6.07 Å². The van der Waals surface area contributed by atoms with Crippen LogP contribution in [0.3, 0.4) is 0 Å². The molecular formula is C19H19FN4O. The summed E-state index contributed by atoms with van der Waals surface area (Å²) in [4.78, 5) is 16.8. The molecule has 1 saturated heterocycles. The van der Waals surface area contributed by atoms with Crippen LogP contribution in [0.1, 0.15) is 16.1 Å². The number of benzene rings is 2. The Hall–Kier alpha value is -2.73. The molecule has 1 aromatic heterocycles. The number of carbonyl (C=O) groups excluding carboxylic acids is 1. The lowest BCUT2D eigenvalue weighted by Crippen LogP contribution is -2.48. The second kappa shape index (κ2) is 6.64. The number of para-hydroxylation sites is 1. The second-order valence-corrected chi connectivity index (χ2v) is 6.28. The molecule has 0 unspecified atom stereocenters. The Balaban J connectivity index is 1.42. The molecule has 6 heteroatoms. The Bertz CT molecular complexity index is 899. The summed E-state index contributed by atoms with van der Waals surface area (Å²) in [6.07, 6.45) is 0. The van der Waals surface area contributed by atoms with Crippen molar-refractivity contribution in [1.82, 2.24) is 20.0 Å². The predicted molar refractivity (Wildman–Crippen MR) is 93.7 cm³/mol. The first-order valence-corrected chi connectivity index (χ1v) is 8.40. The van der Waals surface area contributed by atoms with Gasteiger partial charge in [0.05, 0.1) is 5.52 Å². The van der Waals surface area contributed by atoms with Crippen molar-refractivity contribution in [2.24, 2.45) is 0 Å². The standard InChI is InChI=1S/C19H19FN4O/c20-16-7-3-1-5-14(16)13-23-9-11-24(12-10-23)19(25)18-15-6-2-4-8-17(15)21-22-18/h1-8H,9-13H2,(H,21,22). The minimum atomic E-state index is -0.177. The number of fused-ring (bicyclic) bond motifs is 1. The summed E-state index contributed by atoms with van der Waals surface area (Å²) in [6.45, 7) is 3.26. The predicted octanol–water partition coefficient (Wildman–Crippen LogP) is 2.66. The number of H-pyrrole nitrogens is 1. The average Bonchev–Trinajstić information content (AvgIpc) is 3.08. The van der Waals surface area contributed by atoms with Crippen molar-refractivity contribution in [1.29, 1.82) is 0 Å². The maximum atomic E-state index is 13.8. The maximum absolute atomic E-state index is 13.8. The number of nitrogens with zero attached hydrogens (tertiary/aromatic N) is 3. The highest BCUT2D eigenvalue weighted by atomic mass is 19.1. The number of aromatic amines is 1. The molecule has 128 valence electrons. The summed E-state index contributed by atoms with van der Waals surface area (Å²) in [6, 6.07) is 14.5. The summed E-state index contributed by atoms with van der Waals surface area (Å²) in [7, 11) is 0. The molecular weight excluding hydrogens is 319 g/mol. The zero-order chi connectivity index (χ0) is 17.2. The summed E-state index contributed by atoms with van der Waals surface area (Å²) >= 11 is 0. The van der Waals surface area contributed by atoms with E-state index in [1.807, 2.05) is 41.3 Å². The molecule has 2 aromatic carbocycles. The number of carbonyl (C=O) groups is 1. The summed E-state index contributed by atoms with van der Waals surface area (Å²) in [5.41, 5.74) is 2.03. The van der Waals surface area contributed by atoms with Gasteiger partial charge < -0.3 is 4.90 Å². The Kier molecular flexibility index (Phi) is 4.19. The third kappa shape index (κ3) is 3.13. The van der Waals surface area contributed by atoms with Crippen molar-refractivity contribution in [3.63, 3.8) is 0 Å². The van der Waals surface area contributed by atoms with Gasteiger partial charge in [0.15, 0.2) is 5.69 Å². The van der Waals surface area contributed by atoms with Gasteiger partial charge in [0.1, 0.15) is 5.82 Å². The lowest BCUT2D eigenvalue weighted by molar-refractivity contribution is 0.0623. The molecule has 25 heavy (non-hydrogen) atoms. The van der Waals surface area contributed by atoms with Crippen molar-refractivity contribution in [3.05, 3.63) is 65.6 Å². The summed E-state index contributed by atoms with van der Waals surface area (Å²) in [5, 5.41) is 7.94. The molecule has 1 aliphatic rings. The van der Waals surface area contributed by atoms with Crippen molar-refractivity contribution in [2.45, 2.75) is 6.54 Å². The van der Waals surface area contributed by atoms with Gasteiger partial charge in [-0.05, 0) is 12.1 Å². The van der Waals surface area contributed by atoms with Gasteiger partial charge >= 0.3 is 0 Å². The van der Waals surface area contributed by atoms with Crippen LogP contribution in [0.2, 0.25) is 0 Å². The minimum absolute atomic E-state index is 0.0528. The lowest BCUT2D eigenvalue weighted by Gasteiger charge is -2.34. The van der Waals surface area contributed by atoms with Crippen LogP contribution in [0.4, 0.5) is 4.39 Å². The Morgan fingerprint density at radius 2 is 1.76 bits per heavy atom. The van der Waals surface area contributed by atoms with Gasteiger partial charge in [0.25, 0.3) is 5.91 Å². The Morgan fingerprint density at radius 1 is 1.04 bits per heavy atom. The topological polar surface area (TPSA) is 52.2 Å². The first-order valence-electron chi connectivity index (χ1n) is 8.40. The maximum Gasteiger partial charge on any atom is 0.275 e. The van der Waals surface area contributed by atoms with Crippen LogP contribution in [0.25, 0.3) is 10.9 Å². The molecule has 1 amide bonds. The molecule has 3 aromatic rings. The fourth-order valence-electron chi connectivity index (χ4n) is 3.25. The average molecular weight is 338 g/mol. The highest BCUT2D eigenvalue weighted by molar-refractivity contribution is 6.04. The smallest absolute Gasteiger partial charge is 0.275 e. The molecule has 2 heterocycles. The van der Waals surface area contributed by atoms with Gasteiger partial charge in [0, 0.05) is 43.7 Å². The molecule has 1 aliphatic heterocycles. The van der Waals surface area contributed by atoms with Crippen LogP contribution in [-0.4, -0.2) is 52.1 Å². The number of piperazine rings is 1. The third-order valence-corrected chi connectivity index (χ3v) is 4.68. The summed E-state index contributed by atoms with van der Waals surface area (Å²) in [5.74, 6) is -0.230. The van der Waals surface area contributed by atoms with Gasteiger partial charge in [-0.2, -0.15) is 5.10 Å². The van der Waals surface area contributed by atoms with Crippen LogP contribution >= 0.6 is 0 Å². The molecule has 0 aliphatic carbocycles. The van der Waals surface area contributed by atoms with E-state index in [4.69, 9.17) is 0 Å². The fourth-order valence-corrected chi connectivity index (χ4v) is 3.25. The quantitative estimate of drug-likeness (QED) is 0.799. The van der Waals surface area contributed by atoms with E-state index in [2.05, 4.69) is 15.1 Å². The van der Waals surface area contributed by atoms with E-state index in [-0.39, 0.29) is 11.7 Å². The number of hydrogen-bond acceptors (Lipinski definition) is 3.